The van der Waals surface area contributed by atoms with Gasteiger partial charge in [-0.2, -0.15) is 0 Å². The second kappa shape index (κ2) is 7.12. The van der Waals surface area contributed by atoms with Crippen LogP contribution in [0.2, 0.25) is 0 Å². The Morgan fingerprint density at radius 1 is 1.25 bits per heavy atom. The largest absolute Gasteiger partial charge is 0.355 e. The van der Waals surface area contributed by atoms with E-state index in [0.29, 0.717) is 12.3 Å². The number of halogens is 1. The second-order valence-electron chi connectivity index (χ2n) is 5.96. The van der Waals surface area contributed by atoms with Crippen LogP contribution in [-0.2, 0) is 11.2 Å². The summed E-state index contributed by atoms with van der Waals surface area (Å²) >= 11 is 6.31. The Morgan fingerprint density at radius 3 is 2.70 bits per heavy atom. The Morgan fingerprint density at radius 2 is 2.00 bits per heavy atom. The summed E-state index contributed by atoms with van der Waals surface area (Å²) in [7, 11) is 0. The van der Waals surface area contributed by atoms with Crippen LogP contribution in [0.5, 0.6) is 0 Å². The standard InChI is InChI=1S/C17H24ClNO/c1-12-7-8-14(9-13(12)2)10-17(20)19-11-15-5-3-4-6-16(15)18/h7-9,15-16H,3-6,10-11H2,1-2H3,(H,19,20). The number of benzene rings is 1. The van der Waals surface area contributed by atoms with Gasteiger partial charge in [0.05, 0.1) is 6.42 Å². The fourth-order valence-corrected chi connectivity index (χ4v) is 3.17. The van der Waals surface area contributed by atoms with Gasteiger partial charge in [0.1, 0.15) is 0 Å². The molecule has 2 rings (SSSR count). The van der Waals surface area contributed by atoms with Gasteiger partial charge in [-0.1, -0.05) is 31.0 Å². The molecule has 110 valence electrons. The van der Waals surface area contributed by atoms with Crippen molar-refractivity contribution in [1.29, 1.82) is 0 Å². The van der Waals surface area contributed by atoms with Crippen LogP contribution in [0, 0.1) is 19.8 Å². The molecule has 1 amide bonds. The zero-order valence-electron chi connectivity index (χ0n) is 12.4. The van der Waals surface area contributed by atoms with Crippen LogP contribution in [0.25, 0.3) is 0 Å². The highest BCUT2D eigenvalue weighted by Crippen LogP contribution is 2.27. The Bertz CT molecular complexity index is 472. The van der Waals surface area contributed by atoms with Crippen molar-refractivity contribution in [2.45, 2.75) is 51.3 Å². The van der Waals surface area contributed by atoms with E-state index in [1.54, 1.807) is 0 Å². The van der Waals surface area contributed by atoms with Crippen molar-refractivity contribution in [1.82, 2.24) is 5.32 Å². The minimum absolute atomic E-state index is 0.0997. The molecule has 2 nitrogen and oxygen atoms in total. The van der Waals surface area contributed by atoms with Crippen molar-refractivity contribution in [2.75, 3.05) is 6.54 Å². The third kappa shape index (κ3) is 4.24. The molecule has 0 aliphatic heterocycles. The molecule has 2 unspecified atom stereocenters. The molecule has 0 aromatic heterocycles. The summed E-state index contributed by atoms with van der Waals surface area (Å²) in [5.74, 6) is 0.539. The summed E-state index contributed by atoms with van der Waals surface area (Å²) < 4.78 is 0. The SMILES string of the molecule is Cc1ccc(CC(=O)NCC2CCCCC2Cl)cc1C. The van der Waals surface area contributed by atoms with E-state index in [1.807, 2.05) is 6.07 Å². The molecule has 0 bridgehead atoms. The monoisotopic (exact) mass is 293 g/mol. The van der Waals surface area contributed by atoms with Crippen molar-refractivity contribution in [3.8, 4) is 0 Å². The molecular weight excluding hydrogens is 270 g/mol. The maximum absolute atomic E-state index is 12.0. The van der Waals surface area contributed by atoms with Crippen LogP contribution in [0.1, 0.15) is 42.4 Å². The lowest BCUT2D eigenvalue weighted by Gasteiger charge is -2.27. The third-order valence-electron chi connectivity index (χ3n) is 4.31. The van der Waals surface area contributed by atoms with Crippen molar-refractivity contribution in [2.24, 2.45) is 5.92 Å². The molecule has 0 heterocycles. The summed E-state index contributed by atoms with van der Waals surface area (Å²) in [6.45, 7) is 4.89. The van der Waals surface area contributed by atoms with Gasteiger partial charge in [-0.3, -0.25) is 4.79 Å². The number of carbonyl (C=O) groups is 1. The van der Waals surface area contributed by atoms with Crippen LogP contribution >= 0.6 is 11.6 Å². The van der Waals surface area contributed by atoms with E-state index in [9.17, 15) is 4.79 Å². The van der Waals surface area contributed by atoms with Gasteiger partial charge in [0.15, 0.2) is 0 Å². The molecule has 1 aliphatic rings. The molecule has 1 saturated carbocycles. The van der Waals surface area contributed by atoms with Gasteiger partial charge < -0.3 is 5.32 Å². The average molecular weight is 294 g/mol. The predicted octanol–water partition coefficient (Wildman–Crippen LogP) is 3.76. The first-order chi connectivity index (χ1) is 9.56. The normalized spacial score (nSPS) is 22.6. The van der Waals surface area contributed by atoms with Gasteiger partial charge in [-0.15, -0.1) is 11.6 Å². The first-order valence-electron chi connectivity index (χ1n) is 7.53. The maximum atomic E-state index is 12.0. The lowest BCUT2D eigenvalue weighted by Crippen LogP contribution is -2.35. The molecule has 0 spiro atoms. The number of amides is 1. The highest BCUT2D eigenvalue weighted by Gasteiger charge is 2.23. The van der Waals surface area contributed by atoms with Crippen LogP contribution < -0.4 is 5.32 Å². The summed E-state index contributed by atoms with van der Waals surface area (Å²) in [5.41, 5.74) is 3.58. The summed E-state index contributed by atoms with van der Waals surface area (Å²) in [6.07, 6.45) is 5.14. The van der Waals surface area contributed by atoms with Gasteiger partial charge in [-0.05, 0) is 49.3 Å². The molecule has 1 aromatic rings. The molecule has 20 heavy (non-hydrogen) atoms. The van der Waals surface area contributed by atoms with Crippen LogP contribution in [-0.4, -0.2) is 17.8 Å². The van der Waals surface area contributed by atoms with Crippen molar-refractivity contribution in [3.63, 3.8) is 0 Å². The van der Waals surface area contributed by atoms with Crippen molar-refractivity contribution >= 4 is 17.5 Å². The third-order valence-corrected chi connectivity index (χ3v) is 4.89. The van der Waals surface area contributed by atoms with Crippen molar-refractivity contribution in [3.05, 3.63) is 34.9 Å². The van der Waals surface area contributed by atoms with Gasteiger partial charge in [-0.25, -0.2) is 0 Å². The van der Waals surface area contributed by atoms with Crippen LogP contribution in [0.15, 0.2) is 18.2 Å². The second-order valence-corrected chi connectivity index (χ2v) is 6.52. The number of hydrogen-bond donors (Lipinski definition) is 1. The first kappa shape index (κ1) is 15.4. The van der Waals surface area contributed by atoms with E-state index < -0.39 is 0 Å². The Labute approximate surface area is 126 Å². The number of hydrogen-bond acceptors (Lipinski definition) is 1. The molecule has 1 N–H and O–H groups in total. The van der Waals surface area contributed by atoms with E-state index in [1.165, 1.54) is 24.0 Å². The molecular formula is C17H24ClNO. The average Bonchev–Trinajstić information content (AvgIpc) is 2.42. The predicted molar refractivity (Wildman–Crippen MR) is 84.2 cm³/mol. The number of aryl methyl sites for hydroxylation is 2. The topological polar surface area (TPSA) is 29.1 Å². The highest BCUT2D eigenvalue weighted by atomic mass is 35.5. The molecule has 0 saturated heterocycles. The summed E-state index contributed by atoms with van der Waals surface area (Å²) in [4.78, 5) is 12.0. The molecule has 0 radical (unpaired) electrons. The van der Waals surface area contributed by atoms with Crippen molar-refractivity contribution < 1.29 is 4.79 Å². The number of carbonyl (C=O) groups excluding carboxylic acids is 1. The lowest BCUT2D eigenvalue weighted by molar-refractivity contribution is -0.120. The minimum Gasteiger partial charge on any atom is -0.355 e. The van der Waals surface area contributed by atoms with Gasteiger partial charge >= 0.3 is 0 Å². The molecule has 1 fully saturated rings. The molecule has 1 aromatic carbocycles. The number of nitrogens with one attached hydrogen (secondary N) is 1. The summed E-state index contributed by atoms with van der Waals surface area (Å²) in [5, 5.41) is 3.27. The van der Waals surface area contributed by atoms with Crippen LogP contribution in [0.3, 0.4) is 0 Å². The van der Waals surface area contributed by atoms with Gasteiger partial charge in [0.2, 0.25) is 5.91 Å². The van der Waals surface area contributed by atoms with E-state index in [0.717, 1.165) is 24.9 Å². The van der Waals surface area contributed by atoms with E-state index in [2.05, 4.69) is 31.3 Å². The fourth-order valence-electron chi connectivity index (χ4n) is 2.80. The van der Waals surface area contributed by atoms with E-state index in [-0.39, 0.29) is 11.3 Å². The highest BCUT2D eigenvalue weighted by molar-refractivity contribution is 6.20. The fraction of sp³-hybridized carbons (Fsp3) is 0.588. The Balaban J connectivity index is 1.81. The van der Waals surface area contributed by atoms with Gasteiger partial charge in [0, 0.05) is 11.9 Å². The molecule has 2 atom stereocenters. The zero-order valence-corrected chi connectivity index (χ0v) is 13.2. The van der Waals surface area contributed by atoms with Gasteiger partial charge in [0.25, 0.3) is 0 Å². The first-order valence-corrected chi connectivity index (χ1v) is 7.97. The summed E-state index contributed by atoms with van der Waals surface area (Å²) in [6, 6.07) is 6.21. The quantitative estimate of drug-likeness (QED) is 0.842. The minimum atomic E-state index is 0.0997. The molecule has 3 heteroatoms. The molecule has 1 aliphatic carbocycles. The number of alkyl halides is 1. The lowest BCUT2D eigenvalue weighted by atomic mass is 9.88. The van der Waals surface area contributed by atoms with E-state index in [4.69, 9.17) is 11.6 Å². The zero-order chi connectivity index (χ0) is 14.5. The maximum Gasteiger partial charge on any atom is 0.224 e. The Kier molecular flexibility index (Phi) is 5.47. The van der Waals surface area contributed by atoms with Crippen LogP contribution in [0.4, 0.5) is 0 Å². The van der Waals surface area contributed by atoms with E-state index >= 15 is 0 Å². The number of rotatable bonds is 4. The smallest absolute Gasteiger partial charge is 0.224 e. The Hall–Kier alpha value is -1.02.